The first-order valence-corrected chi connectivity index (χ1v) is 9.34. The molecule has 114 valence electrons. The van der Waals surface area contributed by atoms with Gasteiger partial charge in [0.1, 0.15) is 4.88 Å². The minimum atomic E-state index is -0.417. The number of benzene rings is 1. The minimum absolute atomic E-state index is 0.319. The van der Waals surface area contributed by atoms with Crippen molar-refractivity contribution in [1.82, 2.24) is 10.9 Å². The molecule has 2 aromatic rings. The summed E-state index contributed by atoms with van der Waals surface area (Å²) in [5.41, 5.74) is 4.84. The fraction of sp³-hybridized carbons (Fsp3) is 0.143. The third kappa shape index (κ3) is 3.03. The summed E-state index contributed by atoms with van der Waals surface area (Å²) >= 11 is 12.3. The molecule has 2 amide bonds. The van der Waals surface area contributed by atoms with Gasteiger partial charge in [0.25, 0.3) is 11.8 Å². The summed E-state index contributed by atoms with van der Waals surface area (Å²) < 4.78 is 1.80. The number of thiophene rings is 1. The van der Waals surface area contributed by atoms with E-state index in [1.165, 1.54) is 23.1 Å². The van der Waals surface area contributed by atoms with Crippen LogP contribution in [0.4, 0.5) is 0 Å². The Hall–Kier alpha value is -1.02. The lowest BCUT2D eigenvalue weighted by Crippen LogP contribution is -2.41. The van der Waals surface area contributed by atoms with Gasteiger partial charge >= 0.3 is 0 Å². The standard InChI is InChI=1S/C14H10BrClN2O2S2/c15-8-5-6-21-11(8)13(19)17-18-14(20)12-10(16)7-3-1-2-4-9(7)22-12/h1-4H,5-6H2,(H,17,19)(H,18,20). The monoisotopic (exact) mass is 416 g/mol. The molecule has 2 heterocycles. The summed E-state index contributed by atoms with van der Waals surface area (Å²) in [4.78, 5) is 25.2. The third-order valence-corrected chi connectivity index (χ3v) is 6.91. The van der Waals surface area contributed by atoms with Gasteiger partial charge in [0.15, 0.2) is 0 Å². The van der Waals surface area contributed by atoms with Crippen LogP contribution in [0.5, 0.6) is 0 Å². The first kappa shape index (κ1) is 15.9. The molecule has 0 saturated heterocycles. The van der Waals surface area contributed by atoms with E-state index in [1.54, 1.807) is 0 Å². The first-order chi connectivity index (χ1) is 10.6. The Morgan fingerprint density at radius 1 is 1.18 bits per heavy atom. The highest BCUT2D eigenvalue weighted by Crippen LogP contribution is 2.36. The average Bonchev–Trinajstić information content (AvgIpc) is 3.09. The number of hydrogen-bond acceptors (Lipinski definition) is 4. The van der Waals surface area contributed by atoms with Gasteiger partial charge in [0, 0.05) is 20.3 Å². The number of carbonyl (C=O) groups excluding carboxylic acids is 2. The van der Waals surface area contributed by atoms with E-state index in [9.17, 15) is 9.59 Å². The summed E-state index contributed by atoms with van der Waals surface area (Å²) in [5, 5.41) is 1.24. The molecule has 0 saturated carbocycles. The van der Waals surface area contributed by atoms with Crippen LogP contribution in [0.3, 0.4) is 0 Å². The van der Waals surface area contributed by atoms with Gasteiger partial charge < -0.3 is 0 Å². The van der Waals surface area contributed by atoms with E-state index in [4.69, 9.17) is 11.6 Å². The van der Waals surface area contributed by atoms with Crippen molar-refractivity contribution in [3.63, 3.8) is 0 Å². The zero-order valence-electron chi connectivity index (χ0n) is 11.1. The van der Waals surface area contributed by atoms with Gasteiger partial charge in [-0.15, -0.1) is 23.1 Å². The molecule has 0 fully saturated rings. The van der Waals surface area contributed by atoms with E-state index in [0.717, 1.165) is 26.7 Å². The van der Waals surface area contributed by atoms with Crippen LogP contribution in [-0.4, -0.2) is 17.6 Å². The van der Waals surface area contributed by atoms with Gasteiger partial charge in [-0.1, -0.05) is 45.7 Å². The molecule has 0 spiro atoms. The fourth-order valence-electron chi connectivity index (χ4n) is 2.01. The van der Waals surface area contributed by atoms with E-state index in [1.807, 2.05) is 24.3 Å². The Labute approximate surface area is 148 Å². The average molecular weight is 418 g/mol. The maximum atomic E-state index is 12.2. The zero-order chi connectivity index (χ0) is 15.7. The Morgan fingerprint density at radius 3 is 2.59 bits per heavy atom. The molecule has 0 bridgehead atoms. The molecule has 8 heteroatoms. The topological polar surface area (TPSA) is 58.2 Å². The van der Waals surface area contributed by atoms with Gasteiger partial charge in [-0.25, -0.2) is 0 Å². The van der Waals surface area contributed by atoms with Gasteiger partial charge in [-0.2, -0.15) is 0 Å². The van der Waals surface area contributed by atoms with E-state index in [0.29, 0.717) is 14.8 Å². The van der Waals surface area contributed by atoms with Crippen LogP contribution >= 0.6 is 50.6 Å². The zero-order valence-corrected chi connectivity index (χ0v) is 15.1. The number of nitrogens with one attached hydrogen (secondary N) is 2. The van der Waals surface area contributed by atoms with E-state index in [-0.39, 0.29) is 5.91 Å². The first-order valence-electron chi connectivity index (χ1n) is 6.37. The summed E-state index contributed by atoms with van der Waals surface area (Å²) in [5.74, 6) is 0.124. The highest BCUT2D eigenvalue weighted by molar-refractivity contribution is 9.11. The highest BCUT2D eigenvalue weighted by atomic mass is 79.9. The lowest BCUT2D eigenvalue weighted by molar-refractivity contribution is -0.117. The molecular formula is C14H10BrClN2O2S2. The number of thioether (sulfide) groups is 1. The fourth-order valence-corrected chi connectivity index (χ4v) is 5.36. The second kappa shape index (κ2) is 6.62. The SMILES string of the molecule is O=C(NNC(=O)c1sc2ccccc2c1Cl)C1=C(Br)CCS1. The number of allylic oxidation sites excluding steroid dienone is 1. The number of carbonyl (C=O) groups is 2. The van der Waals surface area contributed by atoms with Crippen molar-refractivity contribution in [2.45, 2.75) is 6.42 Å². The molecule has 1 aromatic carbocycles. The third-order valence-electron chi connectivity index (χ3n) is 3.05. The van der Waals surface area contributed by atoms with Crippen LogP contribution in [0, 0.1) is 0 Å². The van der Waals surface area contributed by atoms with Crippen molar-refractivity contribution in [3.05, 3.63) is 43.6 Å². The van der Waals surface area contributed by atoms with Gasteiger partial charge in [0.2, 0.25) is 0 Å². The van der Waals surface area contributed by atoms with Crippen LogP contribution < -0.4 is 10.9 Å². The highest BCUT2D eigenvalue weighted by Gasteiger charge is 2.22. The van der Waals surface area contributed by atoms with Gasteiger partial charge in [0.05, 0.1) is 9.93 Å². The van der Waals surface area contributed by atoms with Crippen molar-refractivity contribution in [2.75, 3.05) is 5.75 Å². The number of rotatable bonds is 2. The second-order valence-corrected chi connectivity index (χ2v) is 7.97. The van der Waals surface area contributed by atoms with E-state index in [2.05, 4.69) is 26.8 Å². The summed E-state index contributed by atoms with van der Waals surface area (Å²) in [6, 6.07) is 7.52. The van der Waals surface area contributed by atoms with Crippen LogP contribution in [0.2, 0.25) is 5.02 Å². The maximum Gasteiger partial charge on any atom is 0.281 e. The molecule has 1 aliphatic rings. The number of fused-ring (bicyclic) bond motifs is 1. The van der Waals surface area contributed by atoms with Crippen molar-refractivity contribution < 1.29 is 9.59 Å². The smallest absolute Gasteiger partial charge is 0.267 e. The molecule has 1 aromatic heterocycles. The molecule has 3 rings (SSSR count). The molecule has 0 radical (unpaired) electrons. The molecule has 0 atom stereocenters. The number of hydrazine groups is 1. The second-order valence-electron chi connectivity index (χ2n) is 4.48. The molecule has 2 N–H and O–H groups in total. The van der Waals surface area contributed by atoms with Crippen LogP contribution in [0.15, 0.2) is 33.7 Å². The maximum absolute atomic E-state index is 12.2. The Balaban J connectivity index is 1.73. The predicted octanol–water partition coefficient (Wildman–Crippen LogP) is 4.06. The Kier molecular flexibility index (Phi) is 4.77. The van der Waals surface area contributed by atoms with Crippen LogP contribution in [0.25, 0.3) is 10.1 Å². The minimum Gasteiger partial charge on any atom is -0.267 e. The number of halogens is 2. The molecular weight excluding hydrogens is 408 g/mol. The van der Waals surface area contributed by atoms with E-state index >= 15 is 0 Å². The van der Waals surface area contributed by atoms with Crippen LogP contribution in [0.1, 0.15) is 16.1 Å². The number of hydrogen-bond donors (Lipinski definition) is 2. The molecule has 0 aliphatic carbocycles. The Morgan fingerprint density at radius 2 is 1.91 bits per heavy atom. The van der Waals surface area contributed by atoms with Crippen molar-refractivity contribution in [1.29, 1.82) is 0 Å². The predicted molar refractivity (Wildman–Crippen MR) is 95.5 cm³/mol. The molecule has 1 aliphatic heterocycles. The normalized spacial score (nSPS) is 14.5. The quantitative estimate of drug-likeness (QED) is 0.725. The number of amides is 2. The van der Waals surface area contributed by atoms with Crippen LogP contribution in [-0.2, 0) is 4.79 Å². The largest absolute Gasteiger partial charge is 0.281 e. The van der Waals surface area contributed by atoms with Gasteiger partial charge in [-0.3, -0.25) is 20.4 Å². The summed E-state index contributed by atoms with van der Waals surface area (Å²) in [7, 11) is 0. The molecule has 0 unspecified atom stereocenters. The summed E-state index contributed by atoms with van der Waals surface area (Å²) in [6.45, 7) is 0. The molecule has 22 heavy (non-hydrogen) atoms. The van der Waals surface area contributed by atoms with Crippen molar-refractivity contribution >= 4 is 72.5 Å². The van der Waals surface area contributed by atoms with Crippen molar-refractivity contribution in [2.24, 2.45) is 0 Å². The lowest BCUT2D eigenvalue weighted by Gasteiger charge is -2.07. The molecule has 4 nitrogen and oxygen atoms in total. The summed E-state index contributed by atoms with van der Waals surface area (Å²) in [6.07, 6.45) is 0.823. The van der Waals surface area contributed by atoms with Crippen molar-refractivity contribution in [3.8, 4) is 0 Å². The Bertz CT molecular complexity index is 803. The van der Waals surface area contributed by atoms with E-state index < -0.39 is 5.91 Å². The van der Waals surface area contributed by atoms with Gasteiger partial charge in [-0.05, 0) is 12.5 Å². The lowest BCUT2D eigenvalue weighted by atomic mass is 10.2.